The third-order valence-corrected chi connectivity index (χ3v) is 3.47. The van der Waals surface area contributed by atoms with Gasteiger partial charge in [0.25, 0.3) is 0 Å². The van der Waals surface area contributed by atoms with Gasteiger partial charge in [0.2, 0.25) is 0 Å². The standard InChI is InChI=1S/C14H12BrN3O/c1-19-11-5-2-4-10(8-11)9-13-16-14-12(15)6-3-7-18(14)17-13/h2-8H,9H2,1H3. The van der Waals surface area contributed by atoms with Gasteiger partial charge in [-0.25, -0.2) is 9.50 Å². The minimum Gasteiger partial charge on any atom is -0.497 e. The number of pyridine rings is 1. The van der Waals surface area contributed by atoms with Gasteiger partial charge < -0.3 is 4.74 Å². The number of benzene rings is 1. The first-order valence-electron chi connectivity index (χ1n) is 5.89. The molecule has 0 fully saturated rings. The van der Waals surface area contributed by atoms with E-state index in [4.69, 9.17) is 4.74 Å². The van der Waals surface area contributed by atoms with E-state index in [2.05, 4.69) is 26.0 Å². The Morgan fingerprint density at radius 1 is 1.26 bits per heavy atom. The molecule has 19 heavy (non-hydrogen) atoms. The minimum absolute atomic E-state index is 0.686. The highest BCUT2D eigenvalue weighted by Gasteiger charge is 2.07. The van der Waals surface area contributed by atoms with Gasteiger partial charge in [-0.1, -0.05) is 12.1 Å². The van der Waals surface area contributed by atoms with E-state index in [-0.39, 0.29) is 0 Å². The van der Waals surface area contributed by atoms with Crippen molar-refractivity contribution in [2.75, 3.05) is 7.11 Å². The monoisotopic (exact) mass is 317 g/mol. The summed E-state index contributed by atoms with van der Waals surface area (Å²) in [5.74, 6) is 1.64. The number of methoxy groups -OCH3 is 1. The number of hydrogen-bond donors (Lipinski definition) is 0. The van der Waals surface area contributed by atoms with Gasteiger partial charge in [-0.05, 0) is 45.8 Å². The molecule has 0 saturated heterocycles. The quantitative estimate of drug-likeness (QED) is 0.745. The maximum Gasteiger partial charge on any atom is 0.169 e. The lowest BCUT2D eigenvalue weighted by Gasteiger charge is -2.01. The first-order chi connectivity index (χ1) is 9.26. The molecule has 1 aromatic carbocycles. The number of rotatable bonds is 3. The van der Waals surface area contributed by atoms with E-state index in [1.165, 1.54) is 0 Å². The van der Waals surface area contributed by atoms with Crippen LogP contribution in [0.25, 0.3) is 5.65 Å². The largest absolute Gasteiger partial charge is 0.497 e. The van der Waals surface area contributed by atoms with Crippen LogP contribution in [0.5, 0.6) is 5.75 Å². The van der Waals surface area contributed by atoms with Crippen molar-refractivity contribution in [1.29, 1.82) is 0 Å². The number of hydrogen-bond acceptors (Lipinski definition) is 3. The Morgan fingerprint density at radius 2 is 2.16 bits per heavy atom. The fraction of sp³-hybridized carbons (Fsp3) is 0.143. The van der Waals surface area contributed by atoms with Crippen LogP contribution in [0.15, 0.2) is 47.1 Å². The first-order valence-corrected chi connectivity index (χ1v) is 6.68. The first kappa shape index (κ1) is 12.2. The van der Waals surface area contributed by atoms with Crippen LogP contribution in [-0.4, -0.2) is 21.7 Å². The molecule has 0 atom stereocenters. The molecule has 0 radical (unpaired) electrons. The lowest BCUT2D eigenvalue weighted by atomic mass is 10.1. The number of ether oxygens (including phenoxy) is 1. The fourth-order valence-corrected chi connectivity index (χ4v) is 2.38. The van der Waals surface area contributed by atoms with E-state index in [1.807, 2.05) is 42.6 Å². The second-order valence-electron chi connectivity index (χ2n) is 4.18. The summed E-state index contributed by atoms with van der Waals surface area (Å²) in [6.45, 7) is 0. The summed E-state index contributed by atoms with van der Waals surface area (Å²) in [5.41, 5.74) is 1.96. The Bertz CT molecular complexity index is 724. The van der Waals surface area contributed by atoms with E-state index in [9.17, 15) is 0 Å². The maximum absolute atomic E-state index is 5.22. The molecular weight excluding hydrogens is 306 g/mol. The van der Waals surface area contributed by atoms with Crippen LogP contribution in [0.1, 0.15) is 11.4 Å². The van der Waals surface area contributed by atoms with Gasteiger partial charge in [0, 0.05) is 12.6 Å². The highest BCUT2D eigenvalue weighted by atomic mass is 79.9. The van der Waals surface area contributed by atoms with Crippen LogP contribution in [0.4, 0.5) is 0 Å². The second kappa shape index (κ2) is 5.01. The maximum atomic E-state index is 5.22. The predicted molar refractivity (Wildman–Crippen MR) is 76.5 cm³/mol. The molecule has 3 aromatic rings. The molecule has 0 aliphatic rings. The molecule has 0 unspecified atom stereocenters. The average Bonchev–Trinajstić information content (AvgIpc) is 2.83. The van der Waals surface area contributed by atoms with Crippen molar-refractivity contribution in [1.82, 2.24) is 14.6 Å². The molecule has 0 aliphatic carbocycles. The minimum atomic E-state index is 0.686. The molecule has 96 valence electrons. The van der Waals surface area contributed by atoms with Crippen molar-refractivity contribution in [3.63, 3.8) is 0 Å². The summed E-state index contributed by atoms with van der Waals surface area (Å²) < 4.78 is 7.94. The topological polar surface area (TPSA) is 39.4 Å². The van der Waals surface area contributed by atoms with Crippen molar-refractivity contribution in [3.05, 3.63) is 58.5 Å². The normalized spacial score (nSPS) is 10.8. The Balaban J connectivity index is 1.94. The molecular formula is C14H12BrN3O. The van der Waals surface area contributed by atoms with Crippen molar-refractivity contribution in [2.45, 2.75) is 6.42 Å². The number of nitrogens with zero attached hydrogens (tertiary/aromatic N) is 3. The Hall–Kier alpha value is -1.88. The molecule has 0 saturated carbocycles. The highest BCUT2D eigenvalue weighted by Crippen LogP contribution is 2.18. The van der Waals surface area contributed by atoms with E-state index < -0.39 is 0 Å². The van der Waals surface area contributed by atoms with Gasteiger partial charge in [-0.3, -0.25) is 0 Å². The van der Waals surface area contributed by atoms with Crippen molar-refractivity contribution < 1.29 is 4.74 Å². The SMILES string of the molecule is COc1cccc(Cc2nc3c(Br)cccn3n2)c1. The van der Waals surface area contributed by atoms with Gasteiger partial charge >= 0.3 is 0 Å². The summed E-state index contributed by atoms with van der Waals surface area (Å²) in [7, 11) is 1.67. The molecule has 0 N–H and O–H groups in total. The summed E-state index contributed by atoms with van der Waals surface area (Å²) in [4.78, 5) is 4.53. The zero-order valence-electron chi connectivity index (χ0n) is 10.4. The van der Waals surface area contributed by atoms with Crippen LogP contribution < -0.4 is 4.74 Å². The number of aromatic nitrogens is 3. The Kier molecular flexibility index (Phi) is 3.21. The number of fused-ring (bicyclic) bond motifs is 1. The predicted octanol–water partition coefficient (Wildman–Crippen LogP) is 3.09. The van der Waals surface area contributed by atoms with Gasteiger partial charge in [-0.15, -0.1) is 0 Å². The lowest BCUT2D eigenvalue weighted by molar-refractivity contribution is 0.414. The zero-order valence-corrected chi connectivity index (χ0v) is 12.0. The summed E-state index contributed by atoms with van der Waals surface area (Å²) in [5, 5.41) is 4.46. The Morgan fingerprint density at radius 3 is 2.95 bits per heavy atom. The van der Waals surface area contributed by atoms with Crippen molar-refractivity contribution >= 4 is 21.6 Å². The second-order valence-corrected chi connectivity index (χ2v) is 5.03. The van der Waals surface area contributed by atoms with Gasteiger partial charge in [-0.2, -0.15) is 5.10 Å². The molecule has 0 amide bonds. The molecule has 2 heterocycles. The zero-order chi connectivity index (χ0) is 13.2. The molecule has 0 spiro atoms. The van der Waals surface area contributed by atoms with Gasteiger partial charge in [0.1, 0.15) is 5.75 Å². The molecule has 0 aliphatic heterocycles. The summed E-state index contributed by atoms with van der Waals surface area (Å²) >= 11 is 3.48. The third kappa shape index (κ3) is 2.46. The Labute approximate surface area is 119 Å². The average molecular weight is 318 g/mol. The highest BCUT2D eigenvalue weighted by molar-refractivity contribution is 9.10. The van der Waals surface area contributed by atoms with Gasteiger partial charge in [0.05, 0.1) is 11.6 Å². The van der Waals surface area contributed by atoms with Crippen LogP contribution in [0, 0.1) is 0 Å². The molecule has 2 aromatic heterocycles. The van der Waals surface area contributed by atoms with Crippen LogP contribution >= 0.6 is 15.9 Å². The van der Waals surface area contributed by atoms with E-state index in [0.717, 1.165) is 27.3 Å². The van der Waals surface area contributed by atoms with Crippen molar-refractivity contribution in [3.8, 4) is 5.75 Å². The summed E-state index contributed by atoms with van der Waals surface area (Å²) in [6.07, 6.45) is 2.58. The lowest BCUT2D eigenvalue weighted by Crippen LogP contribution is -1.93. The van der Waals surface area contributed by atoms with Gasteiger partial charge in [0.15, 0.2) is 11.5 Å². The summed E-state index contributed by atoms with van der Waals surface area (Å²) in [6, 6.07) is 11.8. The fourth-order valence-electron chi connectivity index (χ4n) is 1.96. The van der Waals surface area contributed by atoms with Crippen LogP contribution in [0.3, 0.4) is 0 Å². The molecule has 3 rings (SSSR count). The van der Waals surface area contributed by atoms with E-state index in [1.54, 1.807) is 11.6 Å². The molecule has 5 heteroatoms. The molecule has 4 nitrogen and oxygen atoms in total. The smallest absolute Gasteiger partial charge is 0.169 e. The van der Waals surface area contributed by atoms with Crippen LogP contribution in [-0.2, 0) is 6.42 Å². The van der Waals surface area contributed by atoms with E-state index >= 15 is 0 Å². The van der Waals surface area contributed by atoms with E-state index in [0.29, 0.717) is 6.42 Å². The molecule has 0 bridgehead atoms. The number of halogens is 1. The van der Waals surface area contributed by atoms with Crippen LogP contribution in [0.2, 0.25) is 0 Å². The third-order valence-electron chi connectivity index (χ3n) is 2.85. The van der Waals surface area contributed by atoms with Crippen molar-refractivity contribution in [2.24, 2.45) is 0 Å².